The van der Waals surface area contributed by atoms with Gasteiger partial charge in [-0.2, -0.15) is 0 Å². The fraction of sp³-hybridized carbons (Fsp3) is 0.200. The van der Waals surface area contributed by atoms with E-state index in [9.17, 15) is 0 Å². The molecule has 0 spiro atoms. The van der Waals surface area contributed by atoms with Crippen LogP contribution in [0.4, 0.5) is 0 Å². The van der Waals surface area contributed by atoms with Gasteiger partial charge in [0, 0.05) is 0 Å². The van der Waals surface area contributed by atoms with Crippen molar-refractivity contribution in [3.63, 3.8) is 0 Å². The Balaban J connectivity index is 2.82. The van der Waals surface area contributed by atoms with Crippen LogP contribution in [0.15, 0.2) is 30.8 Å². The zero-order valence-electron chi connectivity index (χ0n) is 6.71. The predicted octanol–water partition coefficient (Wildman–Crippen LogP) is 2.73. The molecule has 0 heterocycles. The van der Waals surface area contributed by atoms with Crippen LogP contribution < -0.4 is 4.74 Å². The average molecular weight is 148 g/mol. The Morgan fingerprint density at radius 2 is 2.36 bits per heavy atom. The van der Waals surface area contributed by atoms with Crippen LogP contribution in [0.1, 0.15) is 12.5 Å². The van der Waals surface area contributed by atoms with E-state index in [0.717, 1.165) is 11.3 Å². The predicted molar refractivity (Wildman–Crippen MR) is 47.7 cm³/mol. The van der Waals surface area contributed by atoms with Crippen LogP contribution >= 0.6 is 0 Å². The summed E-state index contributed by atoms with van der Waals surface area (Å²) in [5.41, 5.74) is 1.09. The highest BCUT2D eigenvalue weighted by atomic mass is 16.5. The summed E-state index contributed by atoms with van der Waals surface area (Å²) in [6.07, 6.45) is 1.81. The van der Waals surface area contributed by atoms with Gasteiger partial charge in [0.1, 0.15) is 5.75 Å². The topological polar surface area (TPSA) is 9.23 Å². The Bertz CT molecular complexity index is 240. The van der Waals surface area contributed by atoms with Crippen molar-refractivity contribution >= 4 is 6.08 Å². The Morgan fingerprint density at radius 1 is 1.55 bits per heavy atom. The van der Waals surface area contributed by atoms with Crippen molar-refractivity contribution in [2.24, 2.45) is 0 Å². The van der Waals surface area contributed by atoms with Gasteiger partial charge in [-0.05, 0) is 24.6 Å². The van der Waals surface area contributed by atoms with Gasteiger partial charge in [0.05, 0.1) is 6.61 Å². The number of rotatable bonds is 3. The maximum absolute atomic E-state index is 5.30. The molecule has 1 aromatic carbocycles. The van der Waals surface area contributed by atoms with Gasteiger partial charge in [-0.15, -0.1) is 0 Å². The molecule has 0 N–H and O–H groups in total. The first kappa shape index (κ1) is 7.86. The second-order valence-electron chi connectivity index (χ2n) is 2.21. The summed E-state index contributed by atoms with van der Waals surface area (Å²) in [4.78, 5) is 0. The molecule has 1 rings (SSSR count). The van der Waals surface area contributed by atoms with E-state index in [1.807, 2.05) is 37.3 Å². The van der Waals surface area contributed by atoms with E-state index in [0.29, 0.717) is 6.61 Å². The molecule has 58 valence electrons. The van der Waals surface area contributed by atoms with Crippen LogP contribution in [0.2, 0.25) is 0 Å². The lowest BCUT2D eigenvalue weighted by Gasteiger charge is -2.02. The van der Waals surface area contributed by atoms with E-state index in [-0.39, 0.29) is 0 Å². The van der Waals surface area contributed by atoms with Crippen LogP contribution in [0.3, 0.4) is 0 Å². The highest BCUT2D eigenvalue weighted by molar-refractivity contribution is 5.49. The molecule has 0 amide bonds. The Labute approximate surface area is 67.3 Å². The summed E-state index contributed by atoms with van der Waals surface area (Å²) >= 11 is 0. The standard InChI is InChI=1S/C10H12O/c1-3-9-6-5-7-10(8-9)11-4-2/h3,5-8H,1,4H2,2H3. The molecule has 1 heteroatoms. The SMILES string of the molecule is C=Cc1cccc(OCC)c1. The van der Waals surface area contributed by atoms with Crippen LogP contribution in [-0.4, -0.2) is 6.61 Å². The molecule has 0 bridgehead atoms. The Hall–Kier alpha value is -1.24. The second kappa shape index (κ2) is 3.81. The molecule has 11 heavy (non-hydrogen) atoms. The Kier molecular flexibility index (Phi) is 2.73. The number of hydrogen-bond donors (Lipinski definition) is 0. The van der Waals surface area contributed by atoms with Crippen molar-refractivity contribution in [2.45, 2.75) is 6.92 Å². The molecule has 0 aliphatic rings. The van der Waals surface area contributed by atoms with Gasteiger partial charge in [-0.3, -0.25) is 0 Å². The third kappa shape index (κ3) is 2.11. The minimum Gasteiger partial charge on any atom is -0.494 e. The quantitative estimate of drug-likeness (QED) is 0.640. The highest BCUT2D eigenvalue weighted by Crippen LogP contribution is 2.13. The van der Waals surface area contributed by atoms with Gasteiger partial charge in [0.15, 0.2) is 0 Å². The van der Waals surface area contributed by atoms with Gasteiger partial charge >= 0.3 is 0 Å². The van der Waals surface area contributed by atoms with Gasteiger partial charge in [0.25, 0.3) is 0 Å². The molecule has 0 saturated heterocycles. The fourth-order valence-electron chi connectivity index (χ4n) is 0.898. The molecule has 0 saturated carbocycles. The summed E-state index contributed by atoms with van der Waals surface area (Å²) in [7, 11) is 0. The largest absolute Gasteiger partial charge is 0.494 e. The molecule has 1 aromatic rings. The summed E-state index contributed by atoms with van der Waals surface area (Å²) in [6.45, 7) is 6.36. The van der Waals surface area contributed by atoms with Crippen LogP contribution in [0, 0.1) is 0 Å². The van der Waals surface area contributed by atoms with Gasteiger partial charge in [-0.1, -0.05) is 24.8 Å². The third-order valence-electron chi connectivity index (χ3n) is 1.40. The maximum atomic E-state index is 5.30. The van der Waals surface area contributed by atoms with E-state index in [4.69, 9.17) is 4.74 Å². The minimum absolute atomic E-state index is 0.709. The maximum Gasteiger partial charge on any atom is 0.119 e. The summed E-state index contributed by atoms with van der Waals surface area (Å²) < 4.78 is 5.30. The molecule has 0 aliphatic carbocycles. The summed E-state index contributed by atoms with van der Waals surface area (Å²) in [5, 5.41) is 0. The average Bonchev–Trinajstić information content (AvgIpc) is 2.06. The van der Waals surface area contributed by atoms with Gasteiger partial charge in [-0.25, -0.2) is 0 Å². The monoisotopic (exact) mass is 148 g/mol. The number of ether oxygens (including phenoxy) is 1. The molecule has 0 fully saturated rings. The zero-order valence-corrected chi connectivity index (χ0v) is 6.71. The van der Waals surface area contributed by atoms with E-state index < -0.39 is 0 Å². The summed E-state index contributed by atoms with van der Waals surface area (Å²) in [6, 6.07) is 7.87. The lowest BCUT2D eigenvalue weighted by molar-refractivity contribution is 0.340. The lowest BCUT2D eigenvalue weighted by Crippen LogP contribution is -1.90. The first-order valence-electron chi connectivity index (χ1n) is 3.72. The molecule has 1 nitrogen and oxygen atoms in total. The van der Waals surface area contributed by atoms with Gasteiger partial charge in [0.2, 0.25) is 0 Å². The number of hydrogen-bond acceptors (Lipinski definition) is 1. The van der Waals surface area contributed by atoms with Crippen molar-refractivity contribution in [2.75, 3.05) is 6.61 Å². The minimum atomic E-state index is 0.709. The van der Waals surface area contributed by atoms with E-state index in [1.165, 1.54) is 0 Å². The normalized spacial score (nSPS) is 9.18. The molecular formula is C10H12O. The van der Waals surface area contributed by atoms with Gasteiger partial charge < -0.3 is 4.74 Å². The van der Waals surface area contributed by atoms with Crippen LogP contribution in [0.5, 0.6) is 5.75 Å². The van der Waals surface area contributed by atoms with Crippen LogP contribution in [0.25, 0.3) is 6.08 Å². The van der Waals surface area contributed by atoms with Crippen molar-refractivity contribution in [1.82, 2.24) is 0 Å². The lowest BCUT2D eigenvalue weighted by atomic mass is 10.2. The first-order chi connectivity index (χ1) is 5.36. The second-order valence-corrected chi connectivity index (χ2v) is 2.21. The van der Waals surface area contributed by atoms with Crippen molar-refractivity contribution in [1.29, 1.82) is 0 Å². The molecule has 0 aliphatic heterocycles. The van der Waals surface area contributed by atoms with Crippen LogP contribution in [-0.2, 0) is 0 Å². The first-order valence-corrected chi connectivity index (χ1v) is 3.72. The van der Waals surface area contributed by atoms with E-state index in [2.05, 4.69) is 6.58 Å². The molecule has 0 atom stereocenters. The van der Waals surface area contributed by atoms with Crippen molar-refractivity contribution < 1.29 is 4.74 Å². The molecular weight excluding hydrogens is 136 g/mol. The molecule has 0 unspecified atom stereocenters. The molecule has 0 radical (unpaired) electrons. The summed E-state index contributed by atoms with van der Waals surface area (Å²) in [5.74, 6) is 0.907. The number of benzene rings is 1. The third-order valence-corrected chi connectivity index (χ3v) is 1.40. The Morgan fingerprint density at radius 3 is 3.00 bits per heavy atom. The van der Waals surface area contributed by atoms with Crippen molar-refractivity contribution in [3.8, 4) is 5.75 Å². The highest BCUT2D eigenvalue weighted by Gasteiger charge is 1.90. The van der Waals surface area contributed by atoms with E-state index >= 15 is 0 Å². The zero-order chi connectivity index (χ0) is 8.10. The molecule has 0 aromatic heterocycles. The van der Waals surface area contributed by atoms with Crippen molar-refractivity contribution in [3.05, 3.63) is 36.4 Å². The fourth-order valence-corrected chi connectivity index (χ4v) is 0.898. The smallest absolute Gasteiger partial charge is 0.119 e. The van der Waals surface area contributed by atoms with E-state index in [1.54, 1.807) is 0 Å².